The van der Waals surface area contributed by atoms with Crippen molar-refractivity contribution in [3.63, 3.8) is 0 Å². The van der Waals surface area contributed by atoms with Gasteiger partial charge in [0.25, 0.3) is 0 Å². The van der Waals surface area contributed by atoms with Gasteiger partial charge in [-0.1, -0.05) is 0 Å². The van der Waals surface area contributed by atoms with Crippen LogP contribution in [0.3, 0.4) is 0 Å². The van der Waals surface area contributed by atoms with Crippen LogP contribution in [0.4, 0.5) is 0 Å². The van der Waals surface area contributed by atoms with E-state index in [1.54, 1.807) is 0 Å². The molecule has 0 saturated carbocycles. The second-order valence-electron chi connectivity index (χ2n) is 5.69. The summed E-state index contributed by atoms with van der Waals surface area (Å²) in [6.07, 6.45) is 3.92. The van der Waals surface area contributed by atoms with Crippen LogP contribution in [0, 0.1) is 13.8 Å². The molecule has 2 unspecified atom stereocenters. The Labute approximate surface area is 115 Å². The summed E-state index contributed by atoms with van der Waals surface area (Å²) in [5, 5.41) is 3.83. The lowest BCUT2D eigenvalue weighted by molar-refractivity contribution is 0.340. The summed E-state index contributed by atoms with van der Waals surface area (Å²) in [5.41, 5.74) is 1.50. The molecule has 0 amide bonds. The predicted octanol–water partition coefficient (Wildman–Crippen LogP) is 3.50. The second kappa shape index (κ2) is 6.18. The maximum Gasteiger partial charge on any atom is 0.0305 e. The van der Waals surface area contributed by atoms with Gasteiger partial charge in [0.1, 0.15) is 0 Å². The highest BCUT2D eigenvalue weighted by molar-refractivity contribution is 7.12. The Morgan fingerprint density at radius 1 is 1.33 bits per heavy atom. The van der Waals surface area contributed by atoms with E-state index in [0.717, 1.165) is 0 Å². The van der Waals surface area contributed by atoms with Gasteiger partial charge in [-0.05, 0) is 71.8 Å². The van der Waals surface area contributed by atoms with E-state index < -0.39 is 0 Å². The minimum atomic E-state index is 0.489. The zero-order chi connectivity index (χ0) is 13.1. The molecule has 102 valence electrons. The summed E-state index contributed by atoms with van der Waals surface area (Å²) in [5.74, 6) is 0. The maximum atomic E-state index is 3.83. The number of nitrogens with one attached hydrogen (secondary N) is 1. The van der Waals surface area contributed by atoms with E-state index in [4.69, 9.17) is 0 Å². The Morgan fingerprint density at radius 3 is 2.78 bits per heavy atom. The first-order chi connectivity index (χ1) is 8.56. The van der Waals surface area contributed by atoms with Crippen molar-refractivity contribution >= 4 is 11.3 Å². The highest BCUT2D eigenvalue weighted by Gasteiger charge is 2.18. The maximum absolute atomic E-state index is 3.83. The third-order valence-electron chi connectivity index (χ3n) is 3.98. The fourth-order valence-electron chi connectivity index (χ4n) is 2.93. The summed E-state index contributed by atoms with van der Waals surface area (Å²) in [4.78, 5) is 5.35. The van der Waals surface area contributed by atoms with E-state index in [1.807, 2.05) is 11.3 Å². The summed E-state index contributed by atoms with van der Waals surface area (Å²) >= 11 is 1.92. The number of hydrogen-bond acceptors (Lipinski definition) is 3. The molecule has 3 heteroatoms. The minimum Gasteiger partial charge on any atom is -0.307 e. The van der Waals surface area contributed by atoms with Crippen molar-refractivity contribution in [3.05, 3.63) is 21.4 Å². The molecule has 1 N–H and O–H groups in total. The van der Waals surface area contributed by atoms with Crippen LogP contribution in [-0.2, 0) is 0 Å². The van der Waals surface area contributed by atoms with E-state index in [-0.39, 0.29) is 0 Å². The fourth-order valence-corrected chi connectivity index (χ4v) is 3.95. The van der Waals surface area contributed by atoms with Crippen molar-refractivity contribution in [2.45, 2.75) is 52.1 Å². The molecule has 0 aliphatic carbocycles. The predicted molar refractivity (Wildman–Crippen MR) is 80.5 cm³/mol. The van der Waals surface area contributed by atoms with Gasteiger partial charge in [-0.3, -0.25) is 0 Å². The molecule has 2 atom stereocenters. The smallest absolute Gasteiger partial charge is 0.0305 e. The third kappa shape index (κ3) is 3.56. The lowest BCUT2D eigenvalue weighted by atomic mass is 10.0. The van der Waals surface area contributed by atoms with Gasteiger partial charge in [0.2, 0.25) is 0 Å². The average molecular weight is 266 g/mol. The van der Waals surface area contributed by atoms with Crippen molar-refractivity contribution in [2.75, 3.05) is 20.1 Å². The van der Waals surface area contributed by atoms with Gasteiger partial charge in [0.05, 0.1) is 0 Å². The van der Waals surface area contributed by atoms with Crippen LogP contribution in [0.1, 0.15) is 47.5 Å². The van der Waals surface area contributed by atoms with E-state index >= 15 is 0 Å². The molecule has 1 saturated heterocycles. The summed E-state index contributed by atoms with van der Waals surface area (Å²) in [7, 11) is 2.23. The van der Waals surface area contributed by atoms with Crippen molar-refractivity contribution in [3.8, 4) is 0 Å². The second-order valence-corrected chi connectivity index (χ2v) is 7.15. The highest BCUT2D eigenvalue weighted by atomic mass is 32.1. The molecule has 18 heavy (non-hydrogen) atoms. The Morgan fingerprint density at radius 2 is 2.11 bits per heavy atom. The van der Waals surface area contributed by atoms with Crippen LogP contribution in [0.2, 0.25) is 0 Å². The molecule has 1 fully saturated rings. The molecular formula is C15H26N2S. The quantitative estimate of drug-likeness (QED) is 0.901. The number of thiophene rings is 1. The molecule has 1 aliphatic heterocycles. The van der Waals surface area contributed by atoms with Crippen molar-refractivity contribution < 1.29 is 0 Å². The molecule has 0 spiro atoms. The van der Waals surface area contributed by atoms with Crippen LogP contribution in [0.15, 0.2) is 6.07 Å². The topological polar surface area (TPSA) is 15.3 Å². The van der Waals surface area contributed by atoms with E-state index in [1.165, 1.54) is 47.7 Å². The van der Waals surface area contributed by atoms with Crippen LogP contribution in [-0.4, -0.2) is 31.1 Å². The molecule has 0 bridgehead atoms. The van der Waals surface area contributed by atoms with Crippen molar-refractivity contribution in [2.24, 2.45) is 0 Å². The number of aryl methyl sites for hydroxylation is 2. The molecule has 2 nitrogen and oxygen atoms in total. The first-order valence-corrected chi connectivity index (χ1v) is 7.89. The number of hydrogen-bond donors (Lipinski definition) is 1. The lowest BCUT2D eigenvalue weighted by Crippen LogP contribution is -2.32. The first-order valence-electron chi connectivity index (χ1n) is 7.08. The monoisotopic (exact) mass is 266 g/mol. The standard InChI is InChI=1S/C15H26N2S/c1-11-10-15(13(3)18-11)12(2)16-14-6-5-8-17(4)9-7-14/h10,12,14,16H,5-9H2,1-4H3. The minimum absolute atomic E-state index is 0.489. The van der Waals surface area contributed by atoms with Gasteiger partial charge in [-0.2, -0.15) is 0 Å². The Kier molecular flexibility index (Phi) is 4.82. The normalized spacial score (nSPS) is 23.9. The van der Waals surface area contributed by atoms with Crippen molar-refractivity contribution in [1.82, 2.24) is 10.2 Å². The summed E-state index contributed by atoms with van der Waals surface area (Å²) in [6.45, 7) is 9.23. The molecule has 0 radical (unpaired) electrons. The van der Waals surface area contributed by atoms with E-state index in [9.17, 15) is 0 Å². The molecule has 2 heterocycles. The van der Waals surface area contributed by atoms with Gasteiger partial charge in [0, 0.05) is 21.8 Å². The summed E-state index contributed by atoms with van der Waals surface area (Å²) < 4.78 is 0. The Balaban J connectivity index is 1.94. The molecule has 1 aliphatic rings. The SMILES string of the molecule is Cc1cc(C(C)NC2CCCN(C)CC2)c(C)s1. The van der Waals surface area contributed by atoms with Gasteiger partial charge in [-0.25, -0.2) is 0 Å². The first kappa shape index (κ1) is 14.0. The van der Waals surface area contributed by atoms with Crippen LogP contribution >= 0.6 is 11.3 Å². The largest absolute Gasteiger partial charge is 0.307 e. The Hall–Kier alpha value is -0.380. The third-order valence-corrected chi connectivity index (χ3v) is 4.96. The van der Waals surface area contributed by atoms with E-state index in [0.29, 0.717) is 12.1 Å². The fraction of sp³-hybridized carbons (Fsp3) is 0.733. The van der Waals surface area contributed by atoms with Gasteiger partial charge in [-0.15, -0.1) is 11.3 Å². The van der Waals surface area contributed by atoms with Crippen LogP contribution in [0.5, 0.6) is 0 Å². The molecule has 1 aromatic rings. The molecule has 1 aromatic heterocycles. The molecule has 2 rings (SSSR count). The van der Waals surface area contributed by atoms with Crippen LogP contribution in [0.25, 0.3) is 0 Å². The van der Waals surface area contributed by atoms with E-state index in [2.05, 4.69) is 44.1 Å². The van der Waals surface area contributed by atoms with Gasteiger partial charge >= 0.3 is 0 Å². The molecular weight excluding hydrogens is 240 g/mol. The lowest BCUT2D eigenvalue weighted by Gasteiger charge is -2.22. The highest BCUT2D eigenvalue weighted by Crippen LogP contribution is 2.27. The van der Waals surface area contributed by atoms with Crippen LogP contribution < -0.4 is 5.32 Å². The molecule has 0 aromatic carbocycles. The van der Waals surface area contributed by atoms with Gasteiger partial charge < -0.3 is 10.2 Å². The Bertz CT molecular complexity index is 386. The number of nitrogens with zero attached hydrogens (tertiary/aromatic N) is 1. The summed E-state index contributed by atoms with van der Waals surface area (Å²) in [6, 6.07) is 3.52. The zero-order valence-corrected chi connectivity index (χ0v) is 12.9. The number of rotatable bonds is 3. The zero-order valence-electron chi connectivity index (χ0n) is 12.1. The number of likely N-dealkylation sites (tertiary alicyclic amines) is 1. The van der Waals surface area contributed by atoms with Crippen molar-refractivity contribution in [1.29, 1.82) is 0 Å². The van der Waals surface area contributed by atoms with Gasteiger partial charge in [0.15, 0.2) is 0 Å². The average Bonchev–Trinajstić information content (AvgIpc) is 2.51.